The highest BCUT2D eigenvalue weighted by Crippen LogP contribution is 2.26. The molecule has 0 amide bonds. The van der Waals surface area contributed by atoms with Crippen molar-refractivity contribution < 1.29 is 5.11 Å². The minimum Gasteiger partial charge on any atom is -0.385 e. The van der Waals surface area contributed by atoms with Gasteiger partial charge in [0.2, 0.25) is 0 Å². The smallest absolute Gasteiger partial charge is 0.0925 e. The summed E-state index contributed by atoms with van der Waals surface area (Å²) in [5, 5.41) is 18.5. The van der Waals surface area contributed by atoms with Crippen LogP contribution in [0.1, 0.15) is 29.3 Å². The molecule has 0 spiro atoms. The van der Waals surface area contributed by atoms with Gasteiger partial charge in [-0.25, -0.2) is 0 Å². The quantitative estimate of drug-likeness (QED) is 0.898. The molecule has 1 aromatic heterocycles. The summed E-state index contributed by atoms with van der Waals surface area (Å²) in [5.74, 6) is 0. The summed E-state index contributed by atoms with van der Waals surface area (Å²) in [6.45, 7) is 5.93. The molecular weight excluding hydrogens is 226 g/mol. The maximum atomic E-state index is 10.6. The van der Waals surface area contributed by atoms with Gasteiger partial charge >= 0.3 is 0 Å². The Labute approximate surface area is 107 Å². The normalized spacial score (nSPS) is 14.5. The van der Waals surface area contributed by atoms with Gasteiger partial charge in [-0.3, -0.25) is 4.68 Å². The zero-order valence-corrected chi connectivity index (χ0v) is 11.3. The van der Waals surface area contributed by atoms with Crippen LogP contribution in [0.5, 0.6) is 0 Å². The van der Waals surface area contributed by atoms with Gasteiger partial charge in [0.25, 0.3) is 0 Å². The molecule has 0 aliphatic heterocycles. The molecule has 2 aromatic rings. The predicted octanol–water partition coefficient (Wildman–Crippen LogP) is 1.88. The van der Waals surface area contributed by atoms with E-state index in [0.717, 1.165) is 11.3 Å². The highest BCUT2D eigenvalue weighted by atomic mass is 16.3. The second kappa shape index (κ2) is 4.53. The predicted molar refractivity (Wildman–Crippen MR) is 70.2 cm³/mol. The molecule has 2 rings (SSSR count). The SMILES string of the molecule is Cc1ccc(C(C)(O)Cc2cn(C)nn2)cc1C. The summed E-state index contributed by atoms with van der Waals surface area (Å²) in [6, 6.07) is 6.04. The first-order valence-electron chi connectivity index (χ1n) is 6.04. The van der Waals surface area contributed by atoms with Gasteiger partial charge in [-0.05, 0) is 37.5 Å². The van der Waals surface area contributed by atoms with Gasteiger partial charge in [0.1, 0.15) is 0 Å². The van der Waals surface area contributed by atoms with E-state index >= 15 is 0 Å². The zero-order valence-electron chi connectivity index (χ0n) is 11.3. The van der Waals surface area contributed by atoms with Gasteiger partial charge in [0, 0.05) is 19.7 Å². The third-order valence-electron chi connectivity index (χ3n) is 3.30. The molecule has 0 aliphatic carbocycles. The van der Waals surface area contributed by atoms with E-state index in [1.54, 1.807) is 4.68 Å². The summed E-state index contributed by atoms with van der Waals surface area (Å²) in [6.07, 6.45) is 2.29. The van der Waals surface area contributed by atoms with Crippen molar-refractivity contribution >= 4 is 0 Å². The van der Waals surface area contributed by atoms with Crippen LogP contribution >= 0.6 is 0 Å². The van der Waals surface area contributed by atoms with Crippen molar-refractivity contribution in [1.82, 2.24) is 15.0 Å². The highest BCUT2D eigenvalue weighted by molar-refractivity contribution is 5.33. The fourth-order valence-electron chi connectivity index (χ4n) is 2.01. The average Bonchev–Trinajstić information content (AvgIpc) is 2.67. The van der Waals surface area contributed by atoms with Crippen molar-refractivity contribution in [3.63, 3.8) is 0 Å². The fraction of sp³-hybridized carbons (Fsp3) is 0.429. The molecule has 0 fully saturated rings. The van der Waals surface area contributed by atoms with Gasteiger partial charge in [0.15, 0.2) is 0 Å². The van der Waals surface area contributed by atoms with Crippen molar-refractivity contribution in [3.05, 3.63) is 46.8 Å². The van der Waals surface area contributed by atoms with Gasteiger partial charge in [0.05, 0.1) is 11.3 Å². The van der Waals surface area contributed by atoms with Crippen LogP contribution in [0.25, 0.3) is 0 Å². The minimum absolute atomic E-state index is 0.462. The maximum Gasteiger partial charge on any atom is 0.0925 e. The van der Waals surface area contributed by atoms with Gasteiger partial charge in [-0.2, -0.15) is 0 Å². The van der Waals surface area contributed by atoms with E-state index in [0.29, 0.717) is 6.42 Å². The number of aromatic nitrogens is 3. The largest absolute Gasteiger partial charge is 0.385 e. The maximum absolute atomic E-state index is 10.6. The number of hydrogen-bond acceptors (Lipinski definition) is 3. The van der Waals surface area contributed by atoms with Crippen molar-refractivity contribution in [3.8, 4) is 0 Å². The number of aliphatic hydroxyl groups is 1. The van der Waals surface area contributed by atoms with E-state index in [9.17, 15) is 5.11 Å². The summed E-state index contributed by atoms with van der Waals surface area (Å²) in [5.41, 5.74) is 3.20. The summed E-state index contributed by atoms with van der Waals surface area (Å²) >= 11 is 0. The van der Waals surface area contributed by atoms with Gasteiger partial charge in [-0.15, -0.1) is 5.10 Å². The van der Waals surface area contributed by atoms with Crippen LogP contribution in [0, 0.1) is 13.8 Å². The lowest BCUT2D eigenvalue weighted by Crippen LogP contribution is -2.24. The lowest BCUT2D eigenvalue weighted by Gasteiger charge is -2.23. The van der Waals surface area contributed by atoms with Crippen molar-refractivity contribution in [2.75, 3.05) is 0 Å². The van der Waals surface area contributed by atoms with Crippen LogP contribution in [0.4, 0.5) is 0 Å². The second-order valence-corrected chi connectivity index (χ2v) is 5.13. The summed E-state index contributed by atoms with van der Waals surface area (Å²) < 4.78 is 1.64. The summed E-state index contributed by atoms with van der Waals surface area (Å²) in [4.78, 5) is 0. The zero-order chi connectivity index (χ0) is 13.3. The van der Waals surface area contributed by atoms with E-state index < -0.39 is 5.60 Å². The Morgan fingerprint density at radius 1 is 1.28 bits per heavy atom. The molecule has 1 aromatic carbocycles. The first-order valence-corrected chi connectivity index (χ1v) is 6.04. The molecule has 4 nitrogen and oxygen atoms in total. The second-order valence-electron chi connectivity index (χ2n) is 5.13. The molecule has 1 N–H and O–H groups in total. The molecule has 0 saturated carbocycles. The van der Waals surface area contributed by atoms with E-state index in [2.05, 4.69) is 24.2 Å². The minimum atomic E-state index is -0.922. The average molecular weight is 245 g/mol. The van der Waals surface area contributed by atoms with Crippen molar-refractivity contribution in [2.24, 2.45) is 7.05 Å². The van der Waals surface area contributed by atoms with Crippen LogP contribution < -0.4 is 0 Å². The lowest BCUT2D eigenvalue weighted by molar-refractivity contribution is 0.0565. The third-order valence-corrected chi connectivity index (χ3v) is 3.30. The van der Waals surface area contributed by atoms with E-state index in [4.69, 9.17) is 0 Å². The molecule has 1 atom stereocenters. The first kappa shape index (κ1) is 12.8. The first-order chi connectivity index (χ1) is 8.38. The third kappa shape index (κ3) is 2.59. The topological polar surface area (TPSA) is 50.9 Å². The molecule has 1 unspecified atom stereocenters. The van der Waals surface area contributed by atoms with Gasteiger partial charge < -0.3 is 5.11 Å². The number of rotatable bonds is 3. The summed E-state index contributed by atoms with van der Waals surface area (Å²) in [7, 11) is 1.82. The molecule has 18 heavy (non-hydrogen) atoms. The monoisotopic (exact) mass is 245 g/mol. The number of benzene rings is 1. The number of nitrogens with zero attached hydrogens (tertiary/aromatic N) is 3. The Hall–Kier alpha value is -1.68. The molecule has 0 aliphatic rings. The Morgan fingerprint density at radius 3 is 2.56 bits per heavy atom. The molecule has 4 heteroatoms. The Bertz CT molecular complexity index is 558. The van der Waals surface area contributed by atoms with Crippen molar-refractivity contribution in [2.45, 2.75) is 32.8 Å². The molecule has 0 bridgehead atoms. The lowest BCUT2D eigenvalue weighted by atomic mass is 9.89. The van der Waals surface area contributed by atoms with E-state index in [1.165, 1.54) is 11.1 Å². The highest BCUT2D eigenvalue weighted by Gasteiger charge is 2.25. The molecular formula is C14H19N3O. The van der Waals surface area contributed by atoms with Crippen LogP contribution in [0.15, 0.2) is 24.4 Å². The van der Waals surface area contributed by atoms with Crippen LogP contribution in [0.3, 0.4) is 0 Å². The van der Waals surface area contributed by atoms with E-state index in [-0.39, 0.29) is 0 Å². The Kier molecular flexibility index (Phi) is 3.22. The number of aryl methyl sites for hydroxylation is 3. The van der Waals surface area contributed by atoms with Crippen LogP contribution in [-0.4, -0.2) is 20.1 Å². The standard InChI is InChI=1S/C14H19N3O/c1-10-5-6-12(7-11(10)2)14(3,18)8-13-9-17(4)16-15-13/h5-7,9,18H,8H2,1-4H3. The Balaban J connectivity index is 2.26. The number of hydrogen-bond donors (Lipinski definition) is 1. The molecule has 96 valence electrons. The molecule has 1 heterocycles. The molecule has 0 saturated heterocycles. The van der Waals surface area contributed by atoms with Gasteiger partial charge in [-0.1, -0.05) is 23.4 Å². The van der Waals surface area contributed by atoms with Crippen LogP contribution in [-0.2, 0) is 19.1 Å². The van der Waals surface area contributed by atoms with Crippen molar-refractivity contribution in [1.29, 1.82) is 0 Å². The fourth-order valence-corrected chi connectivity index (χ4v) is 2.01. The molecule has 0 radical (unpaired) electrons. The van der Waals surface area contributed by atoms with E-state index in [1.807, 2.05) is 38.4 Å². The Morgan fingerprint density at radius 2 is 2.00 bits per heavy atom. The van der Waals surface area contributed by atoms with Crippen LogP contribution in [0.2, 0.25) is 0 Å².